The number of hydrogen-bond donors (Lipinski definition) is 1. The first-order valence-electron chi connectivity index (χ1n) is 6.98. The van der Waals surface area contributed by atoms with Gasteiger partial charge in [0.1, 0.15) is 5.82 Å². The molecule has 0 aliphatic rings. The van der Waals surface area contributed by atoms with Crippen molar-refractivity contribution in [3.8, 4) is 0 Å². The van der Waals surface area contributed by atoms with Crippen molar-refractivity contribution in [2.24, 2.45) is 0 Å². The summed E-state index contributed by atoms with van der Waals surface area (Å²) in [5.74, 6) is 0.693. The van der Waals surface area contributed by atoms with Crippen LogP contribution in [0.25, 0.3) is 0 Å². The van der Waals surface area contributed by atoms with Gasteiger partial charge in [-0.25, -0.2) is 4.39 Å². The maximum Gasteiger partial charge on any atom is 0.123 e. The quantitative estimate of drug-likeness (QED) is 0.691. The molecule has 0 spiro atoms. The van der Waals surface area contributed by atoms with Gasteiger partial charge in [-0.2, -0.15) is 0 Å². The van der Waals surface area contributed by atoms with E-state index in [0.717, 1.165) is 27.9 Å². The molecule has 2 aromatic carbocycles. The van der Waals surface area contributed by atoms with Crippen LogP contribution in [0.15, 0.2) is 51.8 Å². The van der Waals surface area contributed by atoms with E-state index in [9.17, 15) is 4.39 Å². The van der Waals surface area contributed by atoms with E-state index in [1.165, 1.54) is 4.90 Å². The molecule has 0 aliphatic heterocycles. The number of thioether (sulfide) groups is 1. The van der Waals surface area contributed by atoms with Crippen LogP contribution in [0.1, 0.15) is 24.1 Å². The minimum Gasteiger partial charge on any atom is -0.309 e. The average Bonchev–Trinajstić information content (AvgIpc) is 2.44. The third-order valence-corrected chi connectivity index (χ3v) is 5.28. The fraction of sp³-hybridized carbons (Fsp3) is 0.294. The molecule has 0 fully saturated rings. The largest absolute Gasteiger partial charge is 0.309 e. The van der Waals surface area contributed by atoms with Crippen LogP contribution in [-0.2, 0) is 0 Å². The summed E-state index contributed by atoms with van der Waals surface area (Å²) in [6.07, 6.45) is 0. The summed E-state index contributed by atoms with van der Waals surface area (Å²) in [5, 5.41) is 3.44. The molecule has 1 atom stereocenters. The minimum absolute atomic E-state index is 0.140. The van der Waals surface area contributed by atoms with Crippen LogP contribution in [0.5, 0.6) is 0 Å². The molecule has 0 bridgehead atoms. The van der Waals surface area contributed by atoms with Gasteiger partial charge in [0.15, 0.2) is 0 Å². The van der Waals surface area contributed by atoms with Crippen LogP contribution in [0, 0.1) is 12.7 Å². The molecule has 0 aromatic heterocycles. The van der Waals surface area contributed by atoms with Gasteiger partial charge >= 0.3 is 0 Å². The van der Waals surface area contributed by atoms with Crippen molar-refractivity contribution in [1.29, 1.82) is 0 Å². The summed E-state index contributed by atoms with van der Waals surface area (Å²) in [6, 6.07) is 13.5. The summed E-state index contributed by atoms with van der Waals surface area (Å²) >= 11 is 5.33. The summed E-state index contributed by atoms with van der Waals surface area (Å²) in [7, 11) is 0. The molecule has 1 unspecified atom stereocenters. The van der Waals surface area contributed by atoms with E-state index < -0.39 is 0 Å². The third kappa shape index (κ3) is 4.83. The van der Waals surface area contributed by atoms with Crippen molar-refractivity contribution < 1.29 is 4.39 Å². The van der Waals surface area contributed by atoms with E-state index in [2.05, 4.69) is 40.3 Å². The first-order chi connectivity index (χ1) is 10.1. The zero-order valence-corrected chi connectivity index (χ0v) is 14.6. The lowest BCUT2D eigenvalue weighted by molar-refractivity contribution is 0.587. The van der Waals surface area contributed by atoms with Crippen molar-refractivity contribution >= 4 is 27.7 Å². The van der Waals surface area contributed by atoms with Gasteiger partial charge in [-0.15, -0.1) is 11.8 Å². The molecule has 0 saturated heterocycles. The van der Waals surface area contributed by atoms with Gasteiger partial charge in [0.2, 0.25) is 0 Å². The predicted molar refractivity (Wildman–Crippen MR) is 92.4 cm³/mol. The second-order valence-electron chi connectivity index (χ2n) is 4.91. The van der Waals surface area contributed by atoms with Crippen molar-refractivity contribution in [2.75, 3.05) is 12.3 Å². The Morgan fingerprint density at radius 2 is 2.00 bits per heavy atom. The summed E-state index contributed by atoms with van der Waals surface area (Å²) in [4.78, 5) is 1.20. The van der Waals surface area contributed by atoms with Crippen LogP contribution in [0.3, 0.4) is 0 Å². The zero-order chi connectivity index (χ0) is 15.2. The van der Waals surface area contributed by atoms with Crippen LogP contribution >= 0.6 is 27.7 Å². The number of rotatable bonds is 6. The maximum atomic E-state index is 13.6. The van der Waals surface area contributed by atoms with E-state index in [1.54, 1.807) is 23.9 Å². The Balaban J connectivity index is 2.14. The lowest BCUT2D eigenvalue weighted by Gasteiger charge is -2.19. The standard InChI is InChI=1S/C17H19BrFNS/c1-3-20-16(13-8-12(2)9-14(19)10-13)11-21-17-7-5-4-6-15(17)18/h4-10,16,20H,3,11H2,1-2H3. The highest BCUT2D eigenvalue weighted by molar-refractivity contribution is 9.10. The zero-order valence-electron chi connectivity index (χ0n) is 12.2. The monoisotopic (exact) mass is 367 g/mol. The van der Waals surface area contributed by atoms with Crippen LogP contribution in [0.2, 0.25) is 0 Å². The molecular formula is C17H19BrFNS. The van der Waals surface area contributed by atoms with E-state index >= 15 is 0 Å². The molecule has 0 saturated carbocycles. The van der Waals surface area contributed by atoms with Gasteiger partial charge in [-0.1, -0.05) is 25.1 Å². The number of benzene rings is 2. The molecule has 21 heavy (non-hydrogen) atoms. The van der Waals surface area contributed by atoms with Gasteiger partial charge in [0.25, 0.3) is 0 Å². The number of aryl methyl sites for hydroxylation is 1. The van der Waals surface area contributed by atoms with Gasteiger partial charge < -0.3 is 5.32 Å². The average molecular weight is 368 g/mol. The number of hydrogen-bond acceptors (Lipinski definition) is 2. The minimum atomic E-state index is -0.168. The van der Waals surface area contributed by atoms with Gasteiger partial charge in [-0.05, 0) is 64.8 Å². The normalized spacial score (nSPS) is 12.4. The fourth-order valence-electron chi connectivity index (χ4n) is 2.22. The highest BCUT2D eigenvalue weighted by atomic mass is 79.9. The predicted octanol–water partition coefficient (Wildman–Crippen LogP) is 5.34. The van der Waals surface area contributed by atoms with Gasteiger partial charge in [-0.3, -0.25) is 0 Å². The molecule has 4 heteroatoms. The Labute approximate surface area is 138 Å². The first kappa shape index (κ1) is 16.5. The summed E-state index contributed by atoms with van der Waals surface area (Å²) in [6.45, 7) is 4.86. The highest BCUT2D eigenvalue weighted by Crippen LogP contribution is 2.30. The third-order valence-electron chi connectivity index (χ3n) is 3.16. The molecule has 1 nitrogen and oxygen atoms in total. The molecule has 112 valence electrons. The van der Waals surface area contributed by atoms with Crippen molar-refractivity contribution in [3.63, 3.8) is 0 Å². The molecule has 1 N–H and O–H groups in total. The molecule has 2 rings (SSSR count). The van der Waals surface area contributed by atoms with Crippen LogP contribution < -0.4 is 5.32 Å². The molecule has 0 heterocycles. The topological polar surface area (TPSA) is 12.0 Å². The maximum absolute atomic E-state index is 13.6. The first-order valence-corrected chi connectivity index (χ1v) is 8.76. The summed E-state index contributed by atoms with van der Waals surface area (Å²) < 4.78 is 14.7. The van der Waals surface area contributed by atoms with Crippen LogP contribution in [0.4, 0.5) is 4.39 Å². The summed E-state index contributed by atoms with van der Waals surface area (Å²) in [5.41, 5.74) is 1.97. The SMILES string of the molecule is CCNC(CSc1ccccc1Br)c1cc(C)cc(F)c1. The Hall–Kier alpha value is -0.840. The number of nitrogens with one attached hydrogen (secondary N) is 1. The Kier molecular flexibility index (Phi) is 6.27. The van der Waals surface area contributed by atoms with Gasteiger partial charge in [0, 0.05) is 21.2 Å². The van der Waals surface area contributed by atoms with Crippen molar-refractivity contribution in [3.05, 3.63) is 63.9 Å². The van der Waals surface area contributed by atoms with Crippen LogP contribution in [-0.4, -0.2) is 12.3 Å². The van der Waals surface area contributed by atoms with E-state index in [-0.39, 0.29) is 11.9 Å². The Morgan fingerprint density at radius 1 is 1.24 bits per heavy atom. The van der Waals surface area contributed by atoms with E-state index in [4.69, 9.17) is 0 Å². The smallest absolute Gasteiger partial charge is 0.123 e. The molecule has 0 radical (unpaired) electrons. The highest BCUT2D eigenvalue weighted by Gasteiger charge is 2.13. The fourth-order valence-corrected chi connectivity index (χ4v) is 3.89. The van der Waals surface area contributed by atoms with E-state index in [1.807, 2.05) is 25.1 Å². The lowest BCUT2D eigenvalue weighted by Crippen LogP contribution is -2.23. The molecular weight excluding hydrogens is 349 g/mol. The van der Waals surface area contributed by atoms with Crippen molar-refractivity contribution in [2.45, 2.75) is 24.8 Å². The molecule has 0 amide bonds. The van der Waals surface area contributed by atoms with E-state index in [0.29, 0.717) is 0 Å². The Bertz CT molecular complexity index is 583. The van der Waals surface area contributed by atoms with Crippen molar-refractivity contribution in [1.82, 2.24) is 5.32 Å². The molecule has 2 aromatic rings. The second-order valence-corrected chi connectivity index (χ2v) is 6.83. The Morgan fingerprint density at radius 3 is 2.67 bits per heavy atom. The second kappa shape index (κ2) is 7.97. The number of halogens is 2. The molecule has 0 aliphatic carbocycles. The van der Waals surface area contributed by atoms with Gasteiger partial charge in [0.05, 0.1) is 0 Å². The lowest BCUT2D eigenvalue weighted by atomic mass is 10.1.